The van der Waals surface area contributed by atoms with Gasteiger partial charge in [0, 0.05) is 31.3 Å². The van der Waals surface area contributed by atoms with Gasteiger partial charge in [-0.3, -0.25) is 0 Å². The van der Waals surface area contributed by atoms with Crippen LogP contribution in [-0.2, 0) is 0 Å². The van der Waals surface area contributed by atoms with Crippen LogP contribution < -0.4 is 0 Å². The Balaban J connectivity index is -0.000000000523. The molecule has 0 heterocycles. The molecule has 29 heavy (non-hydrogen) atoms. The fourth-order valence-electron chi connectivity index (χ4n) is 0. The van der Waals surface area contributed by atoms with Crippen molar-refractivity contribution in [1.82, 2.24) is 0 Å². The summed E-state index contributed by atoms with van der Waals surface area (Å²) >= 11 is 0. The molecule has 0 aromatic carbocycles. The summed E-state index contributed by atoms with van der Waals surface area (Å²) in [4.78, 5) is 0. The first kappa shape index (κ1) is 249. The first-order valence-electron chi connectivity index (χ1n) is 8.67. The predicted octanol–water partition coefficient (Wildman–Crippen LogP) is 19.8. The minimum atomic E-state index is 0. The maximum Gasteiger partial charge on any atom is 0.0194 e. The fraction of sp³-hybridized carbons (Fsp3) is 0.862. The maximum atomic E-state index is 5.75. The minimum absolute atomic E-state index is 0. The molecule has 0 aliphatic heterocycles. The fourth-order valence-corrected chi connectivity index (χ4v) is 0. The summed E-state index contributed by atoms with van der Waals surface area (Å²) in [6.45, 7) is 0. The lowest BCUT2D eigenvalue weighted by atomic mass is 11.4. The van der Waals surface area contributed by atoms with E-state index in [0.717, 1.165) is 0 Å². The van der Waals surface area contributed by atoms with Crippen molar-refractivity contribution in [3.8, 4) is 25.7 Å². The Hall–Kier alpha value is -0.880. The maximum absolute atomic E-state index is 5.75. The van der Waals surface area contributed by atoms with Crippen LogP contribution in [0.4, 0.5) is 0 Å². The quantitative estimate of drug-likeness (QED) is 0.276. The minimum Gasteiger partial charge on any atom is -0.124 e. The molecule has 248 valence electrons. The zero-order valence-corrected chi connectivity index (χ0v) is 8.31. The summed E-state index contributed by atoms with van der Waals surface area (Å²) in [5.41, 5.74) is 0. The van der Waals surface area contributed by atoms with Crippen LogP contribution in [0.15, 0.2) is 0 Å². The molecule has 0 nitrogen and oxygen atoms in total. The molecule has 0 amide bonds. The van der Waals surface area contributed by atoms with Gasteiger partial charge in [-0.15, -0.1) is 25.7 Å². The van der Waals surface area contributed by atoms with Gasteiger partial charge in [-0.2, -0.15) is 0 Å². The van der Waals surface area contributed by atoms with E-state index < -0.39 is 0 Å². The highest BCUT2D eigenvalue weighted by Gasteiger charge is 0.456. The Labute approximate surface area is 244 Å². The Kier molecular flexibility index (Phi) is 205000. The lowest BCUT2D eigenvalue weighted by Gasteiger charge is -0.701. The van der Waals surface area contributed by atoms with E-state index in [1.54, 1.807) is 0 Å². The number of terminal acetylenes is 2. The molecule has 0 bridgehead atoms. The highest BCUT2D eigenvalue weighted by atomic mass is 12.6. The van der Waals surface area contributed by atoms with Crippen LogP contribution in [0.25, 0.3) is 0 Å². The average molecular weight is 526 g/mol. The molecule has 0 aliphatic carbocycles. The van der Waals surface area contributed by atoms with Crippen LogP contribution in [0.5, 0.6) is 0 Å². The van der Waals surface area contributed by atoms with E-state index in [4.69, 9.17) is 14.2 Å². The Morgan fingerprint density at radius 3 is 0.241 bits per heavy atom. The van der Waals surface area contributed by atoms with Gasteiger partial charge in [-0.05, 0) is 0 Å². The smallest absolute Gasteiger partial charge is 0.0194 e. The molecule has 0 spiro atoms. The van der Waals surface area contributed by atoms with Crippen LogP contribution in [-0.4, -0.2) is 0 Å². The van der Waals surface area contributed by atoms with Gasteiger partial charge < -0.3 is 0 Å². The third-order valence-corrected chi connectivity index (χ3v) is 0. The van der Waals surface area contributed by atoms with Crippen molar-refractivity contribution in [3.63, 3.8) is 0 Å². The van der Waals surface area contributed by atoms with Gasteiger partial charge in [0.15, 0.2) is 0 Å². The van der Waals surface area contributed by atoms with E-state index in [1.165, 1.54) is 44.4 Å². The molecule has 0 aliphatic rings. The number of rotatable bonds is 0. The third kappa shape index (κ3) is 22100. The molecule has 0 atom stereocenters. The third-order valence-electron chi connectivity index (χ3n) is 0. The molecule has 0 heteroatoms. The van der Waals surface area contributed by atoms with E-state index in [9.17, 15) is 0 Å². The van der Waals surface area contributed by atoms with Crippen LogP contribution in [0.3, 0.4) is 0 Å². The molecule has 0 aromatic heterocycles. The highest BCUT2D eigenvalue weighted by molar-refractivity contribution is 4.47. The molecule has 0 saturated heterocycles. The second-order valence-corrected chi connectivity index (χ2v) is 0. The van der Waals surface area contributed by atoms with Crippen molar-refractivity contribution >= 4 is 0 Å². The second-order valence-electron chi connectivity index (χ2n) is 0. The molecular formula is C29H132. The number of hydrogen-bond acceptors (Lipinski definition) is 0. The van der Waals surface area contributed by atoms with Gasteiger partial charge in [-0.1, -0.05) is 186 Å². The highest BCUT2D eigenvalue weighted by Crippen LogP contribution is 0.581. The van der Waals surface area contributed by atoms with Gasteiger partial charge >= 0.3 is 0 Å². The van der Waals surface area contributed by atoms with Gasteiger partial charge in [0.1, 0.15) is 0 Å². The van der Waals surface area contributed by atoms with E-state index in [-0.39, 0.29) is 158 Å². The van der Waals surface area contributed by atoms with Crippen LogP contribution in [0, 0.1) is 25.7 Å². The SMILES string of the molecule is C.C.C.C.C.C.C.C.C.C.C.C.C.C.C.C.C.C.C.C#C.C#C.[3HH].[3HH].[3HH].[3HH].[3HH].[3HH].[3HH].[3HH].[3HH].[3HH].[3HH].[3HH].[3H]C.[3H]C.[3H]C.[3H]C.[3H]C.[3H]C.[3H][3H].[3H][3H]. The molecule has 0 aromatic rings. The summed E-state index contributed by atoms with van der Waals surface area (Å²) < 4.78 is 54.5. The zero-order chi connectivity index (χ0) is 20.0. The van der Waals surface area contributed by atoms with Crippen LogP contribution in [0.1, 0.15) is 217 Å². The second kappa shape index (κ2) is 23900. The number of hydrogen-bond donors (Lipinski definition) is 0. The van der Waals surface area contributed by atoms with E-state index >= 15 is 0 Å². The largest absolute Gasteiger partial charge is 0.124 e. The van der Waals surface area contributed by atoms with Crippen molar-refractivity contribution < 1.29 is 31.3 Å². The van der Waals surface area contributed by atoms with E-state index in [0.29, 0.717) is 0 Å². The first-order valence-corrected chi connectivity index (χ1v) is 0.667. The average Bonchev–Trinajstić information content (AvgIpc) is 2.71. The van der Waals surface area contributed by atoms with Gasteiger partial charge in [0.25, 0.3) is 0 Å². The normalized spacial score (nSPS) is 2.14. The summed E-state index contributed by atoms with van der Waals surface area (Å²) in [5, 5.41) is 0. The molecular weight excluding hydrogens is 348 g/mol. The predicted molar refractivity (Wildman–Crippen MR) is 218 cm³/mol. The van der Waals surface area contributed by atoms with Crippen LogP contribution in [0.2, 0.25) is 0 Å². The molecule has 0 fully saturated rings. The first-order chi connectivity index (χ1) is 10.0. The lowest BCUT2D eigenvalue weighted by Crippen LogP contribution is -0.576. The summed E-state index contributed by atoms with van der Waals surface area (Å²) in [7, 11) is 7.50. The molecule has 0 saturated carbocycles. The van der Waals surface area contributed by atoms with E-state index in [2.05, 4.69) is 25.7 Å². The Bertz CT molecular complexity index is 65.8. The van der Waals surface area contributed by atoms with Gasteiger partial charge in [0.05, 0.1) is 0 Å². The standard InChI is InChI=1S/2C2H2.25CH4.14H2/c2*1-2;;;;;;;;;;;;;;;;;;;;;;;;;;;;;;;;;;;;;;;/h2*1-2H;25*1H4;14*1H/i;;6*1T;;;;;;;;;;;;;;;;;;;;2*1+2T;12*1+2. The summed E-state index contributed by atoms with van der Waals surface area (Å²) in [6, 6.07) is 0. The molecule has 0 unspecified atom stereocenters. The van der Waals surface area contributed by atoms with Crippen molar-refractivity contribution in [1.29, 1.82) is 0 Å². The van der Waals surface area contributed by atoms with Gasteiger partial charge in [-0.25, -0.2) is 0 Å². The van der Waals surface area contributed by atoms with Crippen LogP contribution >= 0.6 is 0 Å². The van der Waals surface area contributed by atoms with Crippen molar-refractivity contribution in [2.75, 3.05) is 0 Å². The monoisotopic (exact) mass is 525 g/mol. The van der Waals surface area contributed by atoms with Crippen molar-refractivity contribution in [2.45, 2.75) is 186 Å². The molecule has 0 radical (unpaired) electrons. The topological polar surface area (TPSA) is 0 Å². The lowest BCUT2D eigenvalue weighted by molar-refractivity contribution is 2.50. The summed E-state index contributed by atoms with van der Waals surface area (Å²) in [5.74, 6) is 0. The molecule has 0 N–H and O–H groups in total. The van der Waals surface area contributed by atoms with E-state index in [1.807, 2.05) is 0 Å². The van der Waals surface area contributed by atoms with Gasteiger partial charge in [0.2, 0.25) is 0 Å². The summed E-state index contributed by atoms with van der Waals surface area (Å²) in [6.07, 6.45) is 16.0. The zero-order valence-electron chi connectivity index (χ0n) is 18.3. The molecule has 0 rings (SSSR count). The van der Waals surface area contributed by atoms with Crippen molar-refractivity contribution in [2.24, 2.45) is 0 Å². The van der Waals surface area contributed by atoms with Crippen molar-refractivity contribution in [3.05, 3.63) is 0 Å². The Morgan fingerprint density at radius 1 is 0.241 bits per heavy atom. The Morgan fingerprint density at radius 2 is 0.241 bits per heavy atom.